The summed E-state index contributed by atoms with van der Waals surface area (Å²) in [7, 11) is 0. The second-order valence-electron chi connectivity index (χ2n) is 7.45. The summed E-state index contributed by atoms with van der Waals surface area (Å²) in [6.45, 7) is 4.19. The van der Waals surface area contributed by atoms with Crippen LogP contribution in [0.3, 0.4) is 0 Å². The number of amides is 2. The Labute approximate surface area is 176 Å². The summed E-state index contributed by atoms with van der Waals surface area (Å²) in [5.74, 6) is 0.739. The van der Waals surface area contributed by atoms with Gasteiger partial charge in [0.2, 0.25) is 0 Å². The fourth-order valence-corrected chi connectivity index (χ4v) is 3.91. The third-order valence-electron chi connectivity index (χ3n) is 5.64. The zero-order chi connectivity index (χ0) is 20.9. The van der Waals surface area contributed by atoms with Crippen LogP contribution in [0.1, 0.15) is 22.8 Å². The summed E-state index contributed by atoms with van der Waals surface area (Å²) < 4.78 is 5.76. The Bertz CT molecular complexity index is 1050. The number of nitrogens with zero attached hydrogens (tertiary/aromatic N) is 2. The molecule has 0 radical (unpaired) electrons. The number of piperazine rings is 1. The molecule has 0 saturated carbocycles. The third kappa shape index (κ3) is 4.15. The maximum absolute atomic E-state index is 13.1. The molecule has 0 unspecified atom stereocenters. The van der Waals surface area contributed by atoms with E-state index in [0.29, 0.717) is 31.7 Å². The van der Waals surface area contributed by atoms with E-state index in [2.05, 4.69) is 6.92 Å². The molecule has 3 aromatic carbocycles. The maximum atomic E-state index is 13.1. The van der Waals surface area contributed by atoms with Gasteiger partial charge in [-0.3, -0.25) is 9.59 Å². The number of ether oxygens (including phenoxy) is 1. The Morgan fingerprint density at radius 3 is 2.30 bits per heavy atom. The van der Waals surface area contributed by atoms with Crippen LogP contribution >= 0.6 is 0 Å². The Morgan fingerprint density at radius 1 is 0.833 bits per heavy atom. The first-order valence-corrected chi connectivity index (χ1v) is 10.4. The fourth-order valence-electron chi connectivity index (χ4n) is 3.91. The molecule has 4 rings (SSSR count). The number of hydrogen-bond donors (Lipinski definition) is 0. The molecule has 154 valence electrons. The minimum Gasteiger partial charge on any atom is -0.483 e. The Balaban J connectivity index is 1.35. The lowest BCUT2D eigenvalue weighted by Gasteiger charge is -2.35. The molecule has 1 aliphatic rings. The van der Waals surface area contributed by atoms with E-state index in [1.807, 2.05) is 71.6 Å². The standard InChI is InChI=1S/C25H26N2O3/c1-2-19-8-4-6-13-23(19)30-18-24(28)26-14-16-27(17-15-26)25(29)22-12-7-10-20-9-3-5-11-21(20)22/h3-13H,2,14-18H2,1H3. The molecule has 2 amide bonds. The number of rotatable bonds is 5. The normalized spacial score (nSPS) is 14.0. The van der Waals surface area contributed by atoms with Gasteiger partial charge in [-0.05, 0) is 34.9 Å². The number of carbonyl (C=O) groups excluding carboxylic acids is 2. The van der Waals surface area contributed by atoms with Gasteiger partial charge in [-0.1, -0.05) is 61.5 Å². The number of aryl methyl sites for hydroxylation is 1. The van der Waals surface area contributed by atoms with Crippen molar-refractivity contribution in [2.45, 2.75) is 13.3 Å². The van der Waals surface area contributed by atoms with Gasteiger partial charge in [0.05, 0.1) is 0 Å². The van der Waals surface area contributed by atoms with Gasteiger partial charge in [0.25, 0.3) is 11.8 Å². The van der Waals surface area contributed by atoms with Crippen LogP contribution in [0.5, 0.6) is 5.75 Å². The van der Waals surface area contributed by atoms with Crippen LogP contribution < -0.4 is 4.74 Å². The Morgan fingerprint density at radius 2 is 1.50 bits per heavy atom. The van der Waals surface area contributed by atoms with Gasteiger partial charge in [0.1, 0.15) is 5.75 Å². The van der Waals surface area contributed by atoms with E-state index in [0.717, 1.165) is 28.5 Å². The quantitative estimate of drug-likeness (QED) is 0.653. The van der Waals surface area contributed by atoms with Gasteiger partial charge in [-0.15, -0.1) is 0 Å². The largest absolute Gasteiger partial charge is 0.483 e. The molecule has 0 atom stereocenters. The summed E-state index contributed by atoms with van der Waals surface area (Å²) in [6, 6.07) is 21.5. The number of hydrogen-bond acceptors (Lipinski definition) is 3. The van der Waals surface area contributed by atoms with Gasteiger partial charge >= 0.3 is 0 Å². The molecule has 1 heterocycles. The summed E-state index contributed by atoms with van der Waals surface area (Å²) in [5.41, 5.74) is 1.81. The summed E-state index contributed by atoms with van der Waals surface area (Å²) in [6.07, 6.45) is 0.860. The van der Waals surface area contributed by atoms with Crippen molar-refractivity contribution in [2.75, 3.05) is 32.8 Å². The van der Waals surface area contributed by atoms with Crippen LogP contribution in [0.4, 0.5) is 0 Å². The minimum atomic E-state index is -0.0434. The van der Waals surface area contributed by atoms with Gasteiger partial charge in [-0.2, -0.15) is 0 Å². The highest BCUT2D eigenvalue weighted by molar-refractivity contribution is 6.07. The molecule has 1 aliphatic heterocycles. The molecule has 5 heteroatoms. The van der Waals surface area contributed by atoms with Gasteiger partial charge in [0.15, 0.2) is 6.61 Å². The van der Waals surface area contributed by atoms with E-state index in [4.69, 9.17) is 4.74 Å². The van der Waals surface area contributed by atoms with E-state index >= 15 is 0 Å². The minimum absolute atomic E-state index is 0.0204. The van der Waals surface area contributed by atoms with Gasteiger partial charge < -0.3 is 14.5 Å². The lowest BCUT2D eigenvalue weighted by molar-refractivity contribution is -0.134. The second-order valence-corrected chi connectivity index (χ2v) is 7.45. The first-order chi connectivity index (χ1) is 14.7. The van der Waals surface area contributed by atoms with Crippen molar-refractivity contribution in [3.8, 4) is 5.75 Å². The van der Waals surface area contributed by atoms with Crippen molar-refractivity contribution in [1.82, 2.24) is 9.80 Å². The Kier molecular flexibility index (Phi) is 5.98. The van der Waals surface area contributed by atoms with Crippen molar-refractivity contribution < 1.29 is 14.3 Å². The first kappa shape index (κ1) is 20.0. The van der Waals surface area contributed by atoms with Gasteiger partial charge in [0, 0.05) is 31.7 Å². The lowest BCUT2D eigenvalue weighted by Crippen LogP contribution is -2.51. The zero-order valence-corrected chi connectivity index (χ0v) is 17.2. The van der Waals surface area contributed by atoms with Gasteiger partial charge in [-0.25, -0.2) is 0 Å². The average Bonchev–Trinajstić information content (AvgIpc) is 2.82. The van der Waals surface area contributed by atoms with Crippen LogP contribution in [0, 0.1) is 0 Å². The molecule has 0 aliphatic carbocycles. The molecule has 1 fully saturated rings. The number of carbonyl (C=O) groups is 2. The van der Waals surface area contributed by atoms with Crippen LogP contribution in [-0.4, -0.2) is 54.4 Å². The monoisotopic (exact) mass is 402 g/mol. The van der Waals surface area contributed by atoms with E-state index in [9.17, 15) is 9.59 Å². The van der Waals surface area contributed by atoms with Crippen LogP contribution in [0.25, 0.3) is 10.8 Å². The van der Waals surface area contributed by atoms with Crippen LogP contribution in [0.15, 0.2) is 66.7 Å². The molecule has 0 spiro atoms. The number of para-hydroxylation sites is 1. The molecule has 0 bridgehead atoms. The molecule has 30 heavy (non-hydrogen) atoms. The smallest absolute Gasteiger partial charge is 0.260 e. The maximum Gasteiger partial charge on any atom is 0.260 e. The fraction of sp³-hybridized carbons (Fsp3) is 0.280. The summed E-state index contributed by atoms with van der Waals surface area (Å²) >= 11 is 0. The first-order valence-electron chi connectivity index (χ1n) is 10.4. The molecular formula is C25H26N2O3. The third-order valence-corrected chi connectivity index (χ3v) is 5.64. The van der Waals surface area contributed by atoms with E-state index in [-0.39, 0.29) is 18.4 Å². The Hall–Kier alpha value is -3.34. The number of benzene rings is 3. The van der Waals surface area contributed by atoms with Crippen molar-refractivity contribution >= 4 is 22.6 Å². The average molecular weight is 402 g/mol. The second kappa shape index (κ2) is 8.99. The summed E-state index contributed by atoms with van der Waals surface area (Å²) in [4.78, 5) is 29.3. The molecular weight excluding hydrogens is 376 g/mol. The van der Waals surface area contributed by atoms with E-state index in [1.54, 1.807) is 4.90 Å². The highest BCUT2D eigenvalue weighted by atomic mass is 16.5. The predicted molar refractivity (Wildman–Crippen MR) is 118 cm³/mol. The lowest BCUT2D eigenvalue weighted by atomic mass is 10.0. The van der Waals surface area contributed by atoms with Crippen LogP contribution in [-0.2, 0) is 11.2 Å². The zero-order valence-electron chi connectivity index (χ0n) is 17.2. The summed E-state index contributed by atoms with van der Waals surface area (Å²) in [5, 5.41) is 2.02. The highest BCUT2D eigenvalue weighted by Gasteiger charge is 2.26. The molecule has 1 saturated heterocycles. The molecule has 0 aromatic heterocycles. The van der Waals surface area contributed by atoms with E-state index < -0.39 is 0 Å². The van der Waals surface area contributed by atoms with Crippen molar-refractivity contribution in [3.05, 3.63) is 77.9 Å². The van der Waals surface area contributed by atoms with Crippen molar-refractivity contribution in [3.63, 3.8) is 0 Å². The van der Waals surface area contributed by atoms with E-state index in [1.165, 1.54) is 0 Å². The SMILES string of the molecule is CCc1ccccc1OCC(=O)N1CCN(C(=O)c2cccc3ccccc23)CC1. The van der Waals surface area contributed by atoms with Crippen LogP contribution in [0.2, 0.25) is 0 Å². The molecule has 5 nitrogen and oxygen atoms in total. The topological polar surface area (TPSA) is 49.9 Å². The van der Waals surface area contributed by atoms with Crippen molar-refractivity contribution in [2.24, 2.45) is 0 Å². The molecule has 3 aromatic rings. The van der Waals surface area contributed by atoms with Crippen molar-refractivity contribution in [1.29, 1.82) is 0 Å². The molecule has 0 N–H and O–H groups in total. The predicted octanol–water partition coefficient (Wildman–Crippen LogP) is 3.77. The number of fused-ring (bicyclic) bond motifs is 1. The highest BCUT2D eigenvalue weighted by Crippen LogP contribution is 2.21.